The van der Waals surface area contributed by atoms with Crippen molar-refractivity contribution >= 4 is 11.8 Å². The lowest BCUT2D eigenvalue weighted by atomic mass is 10.0. The Hall–Kier alpha value is -0.940. The summed E-state index contributed by atoms with van der Waals surface area (Å²) in [6.45, 7) is 1.65. The monoisotopic (exact) mass is 197 g/mol. The first-order valence-corrected chi connectivity index (χ1v) is 5.00. The van der Waals surface area contributed by atoms with E-state index in [4.69, 9.17) is 5.73 Å². The summed E-state index contributed by atoms with van der Waals surface area (Å²) in [5.41, 5.74) is 5.76. The van der Waals surface area contributed by atoms with Crippen molar-refractivity contribution in [2.75, 3.05) is 13.1 Å². The predicted molar refractivity (Wildman–Crippen MR) is 50.3 cm³/mol. The maximum Gasteiger partial charge on any atom is 0.244 e. The van der Waals surface area contributed by atoms with Crippen LogP contribution < -0.4 is 11.1 Å². The number of likely N-dealkylation sites (tertiary alicyclic amines) is 1. The minimum absolute atomic E-state index is 0.148. The molecule has 2 amide bonds. The second-order valence-electron chi connectivity index (χ2n) is 4.01. The molecule has 14 heavy (non-hydrogen) atoms. The first-order chi connectivity index (χ1) is 6.66. The van der Waals surface area contributed by atoms with E-state index in [0.717, 1.165) is 25.9 Å². The Morgan fingerprint density at radius 1 is 1.29 bits per heavy atom. The van der Waals surface area contributed by atoms with Gasteiger partial charge in [0.2, 0.25) is 11.8 Å². The van der Waals surface area contributed by atoms with Crippen LogP contribution in [0, 0.1) is 0 Å². The minimum atomic E-state index is -0.241. The number of imide groups is 1. The number of nitrogens with two attached hydrogens (primary N) is 1. The first-order valence-electron chi connectivity index (χ1n) is 5.00. The van der Waals surface area contributed by atoms with Gasteiger partial charge in [-0.2, -0.15) is 0 Å². The number of nitrogens with one attached hydrogen (secondary N) is 1. The number of amides is 2. The van der Waals surface area contributed by atoms with E-state index in [1.54, 1.807) is 0 Å². The molecule has 5 nitrogen and oxygen atoms in total. The molecular weight excluding hydrogens is 182 g/mol. The molecule has 1 unspecified atom stereocenters. The van der Waals surface area contributed by atoms with Crippen molar-refractivity contribution in [3.63, 3.8) is 0 Å². The zero-order chi connectivity index (χ0) is 10.1. The summed E-state index contributed by atoms with van der Waals surface area (Å²) in [4.78, 5) is 24.4. The molecule has 2 saturated heterocycles. The molecule has 2 fully saturated rings. The number of carbonyl (C=O) groups excluding carboxylic acids is 2. The maximum atomic E-state index is 11.4. The van der Waals surface area contributed by atoms with Gasteiger partial charge in [-0.15, -0.1) is 0 Å². The summed E-state index contributed by atoms with van der Waals surface area (Å²) in [6.07, 6.45) is 2.14. The molecule has 5 heteroatoms. The van der Waals surface area contributed by atoms with E-state index in [2.05, 4.69) is 10.2 Å². The van der Waals surface area contributed by atoms with Crippen molar-refractivity contribution in [1.82, 2.24) is 10.2 Å². The molecule has 2 heterocycles. The average Bonchev–Trinajstić information content (AvgIpc) is 2.47. The number of rotatable bonds is 1. The molecular formula is C9H15N3O2. The van der Waals surface area contributed by atoms with Crippen LogP contribution in [0.2, 0.25) is 0 Å². The number of carbonyl (C=O) groups is 2. The van der Waals surface area contributed by atoms with E-state index in [0.29, 0.717) is 6.42 Å². The number of nitrogens with zero attached hydrogens (tertiary/aromatic N) is 1. The van der Waals surface area contributed by atoms with Gasteiger partial charge in [0.25, 0.3) is 0 Å². The van der Waals surface area contributed by atoms with Gasteiger partial charge >= 0.3 is 0 Å². The van der Waals surface area contributed by atoms with Gasteiger partial charge in [-0.1, -0.05) is 0 Å². The molecule has 78 valence electrons. The highest BCUT2D eigenvalue weighted by molar-refractivity contribution is 6.05. The summed E-state index contributed by atoms with van der Waals surface area (Å²) in [6, 6.07) is 0.0152. The number of hydrogen-bond acceptors (Lipinski definition) is 4. The fourth-order valence-electron chi connectivity index (χ4n) is 2.07. The Labute approximate surface area is 82.6 Å². The summed E-state index contributed by atoms with van der Waals surface area (Å²) in [5.74, 6) is -0.305. The number of hydrogen-bond donors (Lipinski definition) is 2. The van der Waals surface area contributed by atoms with Crippen molar-refractivity contribution in [2.45, 2.75) is 31.3 Å². The Bertz CT molecular complexity index is 259. The molecule has 0 saturated carbocycles. The lowest BCUT2D eigenvalue weighted by Gasteiger charge is -2.32. The van der Waals surface area contributed by atoms with E-state index >= 15 is 0 Å². The lowest BCUT2D eigenvalue weighted by molar-refractivity contribution is -0.126. The molecule has 0 aromatic carbocycles. The lowest BCUT2D eigenvalue weighted by Crippen LogP contribution is -2.47. The maximum absolute atomic E-state index is 11.4. The van der Waals surface area contributed by atoms with Crippen LogP contribution in [0.5, 0.6) is 0 Å². The molecule has 1 atom stereocenters. The molecule has 0 bridgehead atoms. The number of piperidine rings is 1. The molecule has 0 aromatic heterocycles. The molecule has 0 radical (unpaired) electrons. The normalized spacial score (nSPS) is 30.8. The SMILES string of the molecule is NC1CCN(C2CC(=O)NC2=O)CC1. The Morgan fingerprint density at radius 2 is 1.93 bits per heavy atom. The van der Waals surface area contributed by atoms with E-state index in [1.807, 2.05) is 0 Å². The largest absolute Gasteiger partial charge is 0.328 e. The topological polar surface area (TPSA) is 75.4 Å². The molecule has 0 aliphatic carbocycles. The van der Waals surface area contributed by atoms with Crippen LogP contribution in [0.3, 0.4) is 0 Å². The fraction of sp³-hybridized carbons (Fsp3) is 0.778. The molecule has 0 spiro atoms. The van der Waals surface area contributed by atoms with Gasteiger partial charge in [0.05, 0.1) is 12.5 Å². The zero-order valence-electron chi connectivity index (χ0n) is 8.03. The van der Waals surface area contributed by atoms with E-state index in [1.165, 1.54) is 0 Å². The van der Waals surface area contributed by atoms with Gasteiger partial charge in [-0.25, -0.2) is 0 Å². The molecule has 3 N–H and O–H groups in total. The van der Waals surface area contributed by atoms with Crippen LogP contribution in [0.15, 0.2) is 0 Å². The second-order valence-corrected chi connectivity index (χ2v) is 4.01. The van der Waals surface area contributed by atoms with Gasteiger partial charge in [0.15, 0.2) is 0 Å². The highest BCUT2D eigenvalue weighted by atomic mass is 16.2. The predicted octanol–water partition coefficient (Wildman–Crippen LogP) is -1.18. The standard InChI is InChI=1S/C9H15N3O2/c10-6-1-3-12(4-2-6)7-5-8(13)11-9(7)14/h6-7H,1-5,10H2,(H,11,13,14). The van der Waals surface area contributed by atoms with E-state index < -0.39 is 0 Å². The van der Waals surface area contributed by atoms with Crippen LogP contribution in [-0.2, 0) is 9.59 Å². The van der Waals surface area contributed by atoms with Crippen LogP contribution in [0.1, 0.15) is 19.3 Å². The van der Waals surface area contributed by atoms with Crippen molar-refractivity contribution in [3.05, 3.63) is 0 Å². The van der Waals surface area contributed by atoms with Gasteiger partial charge in [-0.05, 0) is 12.8 Å². The first kappa shape index (κ1) is 9.61. The van der Waals surface area contributed by atoms with Crippen LogP contribution in [0.25, 0.3) is 0 Å². The van der Waals surface area contributed by atoms with E-state index in [9.17, 15) is 9.59 Å². The average molecular weight is 197 g/mol. The highest BCUT2D eigenvalue weighted by Gasteiger charge is 2.36. The summed E-state index contributed by atoms with van der Waals surface area (Å²) in [5, 5.41) is 2.32. The fourth-order valence-corrected chi connectivity index (χ4v) is 2.07. The van der Waals surface area contributed by atoms with Gasteiger partial charge < -0.3 is 5.73 Å². The van der Waals surface area contributed by atoms with Crippen LogP contribution >= 0.6 is 0 Å². The Kier molecular flexibility index (Phi) is 2.52. The molecule has 2 aliphatic heterocycles. The van der Waals surface area contributed by atoms with Gasteiger partial charge in [0, 0.05) is 19.1 Å². The highest BCUT2D eigenvalue weighted by Crippen LogP contribution is 2.16. The van der Waals surface area contributed by atoms with Crippen molar-refractivity contribution in [1.29, 1.82) is 0 Å². The molecule has 2 rings (SSSR count). The third-order valence-electron chi connectivity index (χ3n) is 2.96. The Balaban J connectivity index is 1.95. The smallest absolute Gasteiger partial charge is 0.244 e. The summed E-state index contributed by atoms with van der Waals surface area (Å²) < 4.78 is 0. The van der Waals surface area contributed by atoms with Gasteiger partial charge in [-0.3, -0.25) is 19.8 Å². The van der Waals surface area contributed by atoms with E-state index in [-0.39, 0.29) is 23.9 Å². The Morgan fingerprint density at radius 3 is 2.43 bits per heavy atom. The van der Waals surface area contributed by atoms with Crippen LogP contribution in [0.4, 0.5) is 0 Å². The van der Waals surface area contributed by atoms with Crippen LogP contribution in [-0.4, -0.2) is 41.9 Å². The molecule has 2 aliphatic rings. The summed E-state index contributed by atoms with van der Waals surface area (Å²) >= 11 is 0. The van der Waals surface area contributed by atoms with Crippen molar-refractivity contribution < 1.29 is 9.59 Å². The third kappa shape index (κ3) is 1.78. The quantitative estimate of drug-likeness (QED) is 0.519. The van der Waals surface area contributed by atoms with Crippen molar-refractivity contribution in [2.24, 2.45) is 5.73 Å². The summed E-state index contributed by atoms with van der Waals surface area (Å²) in [7, 11) is 0. The van der Waals surface area contributed by atoms with Crippen molar-refractivity contribution in [3.8, 4) is 0 Å². The second kappa shape index (κ2) is 3.67. The molecule has 0 aromatic rings. The zero-order valence-corrected chi connectivity index (χ0v) is 8.03. The minimum Gasteiger partial charge on any atom is -0.328 e. The van der Waals surface area contributed by atoms with Gasteiger partial charge in [0.1, 0.15) is 0 Å². The third-order valence-corrected chi connectivity index (χ3v) is 2.96.